The molecule has 1 atom stereocenters. The first-order chi connectivity index (χ1) is 14.1. The van der Waals surface area contributed by atoms with Crippen molar-refractivity contribution in [2.45, 2.75) is 25.8 Å². The number of fused-ring (bicyclic) bond motifs is 1. The summed E-state index contributed by atoms with van der Waals surface area (Å²) in [6.07, 6.45) is 5.34. The van der Waals surface area contributed by atoms with E-state index in [9.17, 15) is 9.18 Å². The van der Waals surface area contributed by atoms with E-state index in [4.69, 9.17) is 9.47 Å². The van der Waals surface area contributed by atoms with Gasteiger partial charge < -0.3 is 14.4 Å². The van der Waals surface area contributed by atoms with Crippen molar-refractivity contribution in [1.29, 1.82) is 0 Å². The maximum absolute atomic E-state index is 14.1. The van der Waals surface area contributed by atoms with Gasteiger partial charge in [0, 0.05) is 31.1 Å². The molecule has 152 valence electrons. The number of ether oxygens (including phenoxy) is 2. The van der Waals surface area contributed by atoms with Crippen LogP contribution in [0.3, 0.4) is 0 Å². The Hall–Kier alpha value is -2.93. The van der Waals surface area contributed by atoms with Gasteiger partial charge in [0.05, 0.1) is 29.9 Å². The largest absolute Gasteiger partial charge is 0.491 e. The van der Waals surface area contributed by atoms with Crippen LogP contribution in [0.1, 0.15) is 41.7 Å². The van der Waals surface area contributed by atoms with Crippen molar-refractivity contribution in [3.63, 3.8) is 0 Å². The molecule has 1 aromatic carbocycles. The number of ketones is 1. The lowest BCUT2D eigenvalue weighted by atomic mass is 10.0. The zero-order chi connectivity index (χ0) is 20.4. The third kappa shape index (κ3) is 3.82. The number of methoxy groups -OCH3 is 1. The highest BCUT2D eigenvalue weighted by Gasteiger charge is 2.29. The number of hydrogen-bond acceptors (Lipinski definition) is 5. The second-order valence-electron chi connectivity index (χ2n) is 7.20. The lowest BCUT2D eigenvalue weighted by molar-refractivity contribution is 0.101. The van der Waals surface area contributed by atoms with E-state index >= 15 is 0 Å². The summed E-state index contributed by atoms with van der Waals surface area (Å²) in [4.78, 5) is 14.2. The fourth-order valence-electron chi connectivity index (χ4n) is 3.96. The predicted molar refractivity (Wildman–Crippen MR) is 108 cm³/mol. The molecular weight excluding hydrogens is 373 g/mol. The molecule has 29 heavy (non-hydrogen) atoms. The Bertz CT molecular complexity index is 1030. The summed E-state index contributed by atoms with van der Waals surface area (Å²) in [7, 11) is 1.62. The Balaban J connectivity index is 1.70. The monoisotopic (exact) mass is 397 g/mol. The fourth-order valence-corrected chi connectivity index (χ4v) is 3.96. The third-order valence-corrected chi connectivity index (χ3v) is 5.34. The number of hydrogen-bond donors (Lipinski definition) is 0. The van der Waals surface area contributed by atoms with Crippen LogP contribution in [0.25, 0.3) is 5.52 Å². The molecule has 0 N–H and O–H groups in total. The van der Waals surface area contributed by atoms with E-state index in [0.29, 0.717) is 24.5 Å². The number of rotatable bonds is 7. The molecule has 3 aromatic rings. The highest BCUT2D eigenvalue weighted by atomic mass is 19.1. The van der Waals surface area contributed by atoms with Crippen molar-refractivity contribution in [2.75, 3.05) is 31.8 Å². The molecule has 0 bridgehead atoms. The molecule has 1 saturated heterocycles. The summed E-state index contributed by atoms with van der Waals surface area (Å²) < 4.78 is 26.7. The van der Waals surface area contributed by atoms with E-state index in [1.54, 1.807) is 36.9 Å². The maximum atomic E-state index is 14.1. The summed E-state index contributed by atoms with van der Waals surface area (Å²) >= 11 is 0. The predicted octanol–water partition coefficient (Wildman–Crippen LogP) is 4.04. The number of Topliss-reactive ketones (excluding diaryl/α,β-unsaturated/α-hetero) is 1. The Labute approximate surface area is 168 Å². The molecule has 2 aromatic heterocycles. The van der Waals surface area contributed by atoms with Crippen LogP contribution in [-0.4, -0.2) is 42.3 Å². The molecule has 7 heteroatoms. The van der Waals surface area contributed by atoms with Crippen LogP contribution >= 0.6 is 0 Å². The quantitative estimate of drug-likeness (QED) is 0.445. The molecule has 0 saturated carbocycles. The van der Waals surface area contributed by atoms with Crippen LogP contribution in [0.2, 0.25) is 0 Å². The summed E-state index contributed by atoms with van der Waals surface area (Å²) in [5.41, 5.74) is 3.18. The normalized spacial score (nSPS) is 16.5. The topological polar surface area (TPSA) is 56.1 Å². The van der Waals surface area contributed by atoms with Crippen molar-refractivity contribution in [1.82, 2.24) is 9.61 Å². The maximum Gasteiger partial charge on any atom is 0.163 e. The first-order valence-electron chi connectivity index (χ1n) is 9.74. The Kier molecular flexibility index (Phi) is 5.49. The number of pyridine rings is 1. The first-order valence-corrected chi connectivity index (χ1v) is 9.74. The Morgan fingerprint density at radius 3 is 2.93 bits per heavy atom. The average molecular weight is 397 g/mol. The minimum absolute atomic E-state index is 0.00519. The number of halogens is 1. The summed E-state index contributed by atoms with van der Waals surface area (Å²) in [6.45, 7) is 3.26. The smallest absolute Gasteiger partial charge is 0.163 e. The second-order valence-corrected chi connectivity index (χ2v) is 7.20. The van der Waals surface area contributed by atoms with Crippen molar-refractivity contribution in [2.24, 2.45) is 0 Å². The minimum Gasteiger partial charge on any atom is -0.491 e. The van der Waals surface area contributed by atoms with Gasteiger partial charge in [-0.05, 0) is 50.1 Å². The van der Waals surface area contributed by atoms with Crippen molar-refractivity contribution in [3.8, 4) is 5.75 Å². The van der Waals surface area contributed by atoms with E-state index < -0.39 is 0 Å². The van der Waals surface area contributed by atoms with Crippen molar-refractivity contribution < 1.29 is 18.7 Å². The number of aromatic nitrogens is 2. The van der Waals surface area contributed by atoms with Gasteiger partial charge in [-0.3, -0.25) is 4.79 Å². The van der Waals surface area contributed by atoms with Crippen molar-refractivity contribution >= 4 is 17.0 Å². The minimum atomic E-state index is -0.281. The molecule has 1 aliphatic rings. The second kappa shape index (κ2) is 8.21. The summed E-state index contributed by atoms with van der Waals surface area (Å²) in [5, 5.41) is 4.25. The van der Waals surface area contributed by atoms with E-state index in [1.807, 2.05) is 18.3 Å². The molecule has 0 amide bonds. The number of anilines is 1. The van der Waals surface area contributed by atoms with Crippen molar-refractivity contribution in [3.05, 3.63) is 59.7 Å². The number of carbonyl (C=O) groups excluding carboxylic acids is 1. The molecule has 1 aliphatic heterocycles. The fraction of sp³-hybridized carbons (Fsp3) is 0.364. The SMILES string of the molecule is COCCOc1ccc(F)cc1[C@H]1CCCN1c1ccn2ncc(C(C)=O)c2c1. The lowest BCUT2D eigenvalue weighted by Crippen LogP contribution is -2.23. The van der Waals surface area contributed by atoms with Crippen LogP contribution in [0.15, 0.2) is 42.7 Å². The zero-order valence-corrected chi connectivity index (χ0v) is 16.6. The lowest BCUT2D eigenvalue weighted by Gasteiger charge is -2.28. The molecule has 6 nitrogen and oxygen atoms in total. The summed E-state index contributed by atoms with van der Waals surface area (Å²) in [5.74, 6) is 0.375. The van der Waals surface area contributed by atoms with Gasteiger partial charge in [-0.2, -0.15) is 5.10 Å². The molecule has 0 spiro atoms. The number of benzene rings is 1. The number of carbonyl (C=O) groups is 1. The van der Waals surface area contributed by atoms with Crippen LogP contribution in [-0.2, 0) is 4.74 Å². The van der Waals surface area contributed by atoms with Gasteiger partial charge in [0.1, 0.15) is 18.2 Å². The first kappa shape index (κ1) is 19.4. The highest BCUT2D eigenvalue weighted by molar-refractivity contribution is 6.00. The van der Waals surface area contributed by atoms with E-state index in [-0.39, 0.29) is 17.6 Å². The van der Waals surface area contributed by atoms with Gasteiger partial charge in [-0.15, -0.1) is 0 Å². The number of nitrogens with zero attached hydrogens (tertiary/aromatic N) is 3. The molecule has 1 fully saturated rings. The van der Waals surface area contributed by atoms with Gasteiger partial charge in [-0.25, -0.2) is 8.91 Å². The molecule has 0 unspecified atom stereocenters. The summed E-state index contributed by atoms with van der Waals surface area (Å²) in [6, 6.07) is 8.62. The van der Waals surface area contributed by atoms with Gasteiger partial charge in [-0.1, -0.05) is 0 Å². The van der Waals surface area contributed by atoms with E-state index in [2.05, 4.69) is 10.00 Å². The van der Waals surface area contributed by atoms with Crippen LogP contribution < -0.4 is 9.64 Å². The molecule has 0 radical (unpaired) electrons. The zero-order valence-electron chi connectivity index (χ0n) is 16.6. The van der Waals surface area contributed by atoms with E-state index in [1.165, 1.54) is 6.07 Å². The van der Waals surface area contributed by atoms with Gasteiger partial charge in [0.15, 0.2) is 5.78 Å². The van der Waals surface area contributed by atoms with E-state index in [0.717, 1.165) is 36.2 Å². The highest BCUT2D eigenvalue weighted by Crippen LogP contribution is 2.40. The average Bonchev–Trinajstić information content (AvgIpc) is 3.35. The van der Waals surface area contributed by atoms with Gasteiger partial charge in [0.25, 0.3) is 0 Å². The Morgan fingerprint density at radius 2 is 2.14 bits per heavy atom. The third-order valence-electron chi connectivity index (χ3n) is 5.34. The van der Waals surface area contributed by atoms with Crippen LogP contribution in [0.5, 0.6) is 5.75 Å². The van der Waals surface area contributed by atoms with Gasteiger partial charge in [0.2, 0.25) is 0 Å². The molecule has 4 rings (SSSR count). The van der Waals surface area contributed by atoms with Gasteiger partial charge >= 0.3 is 0 Å². The molecule has 0 aliphatic carbocycles. The standard InChI is InChI=1S/C22H24FN3O3/c1-15(27)19-14-24-26-9-7-17(13-21(19)26)25-8-3-4-20(25)18-12-16(23)5-6-22(18)29-11-10-28-2/h5-7,9,12-14,20H,3-4,8,10-11H2,1-2H3/t20-/m1/s1. The molecular formula is C22H24FN3O3. The van der Waals surface area contributed by atoms with Crippen LogP contribution in [0.4, 0.5) is 10.1 Å². The molecule has 3 heterocycles. The Morgan fingerprint density at radius 1 is 1.28 bits per heavy atom. The van der Waals surface area contributed by atoms with Crippen LogP contribution in [0, 0.1) is 5.82 Å².